The Kier molecular flexibility index (Phi) is 4.88. The molecule has 0 saturated carbocycles. The molecule has 0 saturated heterocycles. The number of hydrogen-bond donors (Lipinski definition) is 1. The smallest absolute Gasteiger partial charge is 0.123 e. The monoisotopic (exact) mass is 278 g/mol. The number of hydrogen-bond acceptors (Lipinski definition) is 2. The van der Waals surface area contributed by atoms with Crippen LogP contribution < -0.4 is 5.32 Å². The summed E-state index contributed by atoms with van der Waals surface area (Å²) < 4.78 is 12.9. The maximum Gasteiger partial charge on any atom is 0.123 e. The Labute approximate surface area is 117 Å². The Balaban J connectivity index is 2.21. The molecule has 0 aliphatic carbocycles. The minimum Gasteiger partial charge on any atom is -0.309 e. The maximum absolute atomic E-state index is 12.9. The number of rotatable bonds is 5. The predicted molar refractivity (Wildman–Crippen MR) is 75.8 cm³/mol. The molecular weight excluding hydrogens is 263 g/mol. The molecule has 0 fully saturated rings. The van der Waals surface area contributed by atoms with Crippen LogP contribution in [0.25, 0.3) is 0 Å². The number of aromatic nitrogens is 1. The average Bonchev–Trinajstić information content (AvgIpc) is 2.41. The highest BCUT2D eigenvalue weighted by atomic mass is 35.5. The molecule has 2 rings (SSSR count). The van der Waals surface area contributed by atoms with Crippen molar-refractivity contribution in [2.75, 3.05) is 6.54 Å². The van der Waals surface area contributed by atoms with E-state index in [9.17, 15) is 4.39 Å². The van der Waals surface area contributed by atoms with Gasteiger partial charge in [-0.05, 0) is 42.8 Å². The molecular formula is C15H16ClFN2. The molecule has 0 radical (unpaired) electrons. The minimum atomic E-state index is -0.223. The summed E-state index contributed by atoms with van der Waals surface area (Å²) in [7, 11) is 0. The molecule has 0 aliphatic heterocycles. The molecule has 4 heteroatoms. The van der Waals surface area contributed by atoms with Gasteiger partial charge in [0.05, 0.1) is 16.8 Å². The molecule has 1 atom stereocenters. The highest BCUT2D eigenvalue weighted by Gasteiger charge is 2.15. The standard InChI is InChI=1S/C15H16ClFN2/c1-2-18-14(15-13(16)4-3-9-19-15)10-11-5-7-12(17)8-6-11/h3-9,14,18H,2,10H2,1H3. The Morgan fingerprint density at radius 1 is 1.26 bits per heavy atom. The third-order valence-electron chi connectivity index (χ3n) is 2.92. The lowest BCUT2D eigenvalue weighted by Crippen LogP contribution is -2.24. The first-order chi connectivity index (χ1) is 9.20. The first-order valence-electron chi connectivity index (χ1n) is 6.29. The molecule has 1 unspecified atom stereocenters. The first kappa shape index (κ1) is 14.0. The second kappa shape index (κ2) is 6.64. The van der Waals surface area contributed by atoms with Gasteiger partial charge in [-0.25, -0.2) is 4.39 Å². The molecule has 1 aromatic carbocycles. The van der Waals surface area contributed by atoms with Crippen LogP contribution in [0.1, 0.15) is 24.2 Å². The molecule has 1 heterocycles. The molecule has 2 aromatic rings. The van der Waals surface area contributed by atoms with Gasteiger partial charge in [-0.1, -0.05) is 30.7 Å². The van der Waals surface area contributed by atoms with Gasteiger partial charge >= 0.3 is 0 Å². The van der Waals surface area contributed by atoms with Crippen LogP contribution in [-0.2, 0) is 6.42 Å². The van der Waals surface area contributed by atoms with Crippen molar-refractivity contribution in [3.63, 3.8) is 0 Å². The van der Waals surface area contributed by atoms with Crippen molar-refractivity contribution in [1.29, 1.82) is 0 Å². The van der Waals surface area contributed by atoms with E-state index < -0.39 is 0 Å². The molecule has 1 N–H and O–H groups in total. The van der Waals surface area contributed by atoms with Gasteiger partial charge in [-0.2, -0.15) is 0 Å². The van der Waals surface area contributed by atoms with Gasteiger partial charge < -0.3 is 5.32 Å². The largest absolute Gasteiger partial charge is 0.309 e. The number of nitrogens with one attached hydrogen (secondary N) is 1. The number of likely N-dealkylation sites (N-methyl/N-ethyl adjacent to an activating group) is 1. The summed E-state index contributed by atoms with van der Waals surface area (Å²) in [5.74, 6) is -0.223. The van der Waals surface area contributed by atoms with E-state index in [1.807, 2.05) is 19.1 Å². The number of halogens is 2. The zero-order valence-electron chi connectivity index (χ0n) is 10.7. The number of nitrogens with zero attached hydrogens (tertiary/aromatic N) is 1. The van der Waals surface area contributed by atoms with Gasteiger partial charge in [0.25, 0.3) is 0 Å². The minimum absolute atomic E-state index is 0.0316. The van der Waals surface area contributed by atoms with Gasteiger partial charge in [-0.15, -0.1) is 0 Å². The van der Waals surface area contributed by atoms with E-state index in [0.717, 1.165) is 24.2 Å². The van der Waals surface area contributed by atoms with Crippen LogP contribution in [0.5, 0.6) is 0 Å². The topological polar surface area (TPSA) is 24.9 Å². The quantitative estimate of drug-likeness (QED) is 0.901. The third-order valence-corrected chi connectivity index (χ3v) is 3.24. The van der Waals surface area contributed by atoms with Crippen molar-refractivity contribution in [1.82, 2.24) is 10.3 Å². The van der Waals surface area contributed by atoms with Crippen LogP contribution in [0.3, 0.4) is 0 Å². The van der Waals surface area contributed by atoms with Crippen molar-refractivity contribution in [3.8, 4) is 0 Å². The fourth-order valence-electron chi connectivity index (χ4n) is 2.02. The van der Waals surface area contributed by atoms with E-state index in [0.29, 0.717) is 5.02 Å². The number of pyridine rings is 1. The van der Waals surface area contributed by atoms with Crippen LogP contribution in [0.4, 0.5) is 4.39 Å². The summed E-state index contributed by atoms with van der Waals surface area (Å²) >= 11 is 6.18. The van der Waals surface area contributed by atoms with E-state index in [2.05, 4.69) is 10.3 Å². The number of benzene rings is 1. The van der Waals surface area contributed by atoms with E-state index >= 15 is 0 Å². The molecule has 0 spiro atoms. The maximum atomic E-state index is 12.9. The van der Waals surface area contributed by atoms with E-state index in [1.54, 1.807) is 18.3 Å². The Morgan fingerprint density at radius 2 is 2.00 bits per heavy atom. The van der Waals surface area contributed by atoms with Gasteiger partial charge in [-0.3, -0.25) is 4.98 Å². The zero-order chi connectivity index (χ0) is 13.7. The predicted octanol–water partition coefficient (Wildman–Crippen LogP) is 3.77. The van der Waals surface area contributed by atoms with Gasteiger partial charge in [0.15, 0.2) is 0 Å². The van der Waals surface area contributed by atoms with Crippen molar-refractivity contribution in [2.45, 2.75) is 19.4 Å². The van der Waals surface area contributed by atoms with Gasteiger partial charge in [0, 0.05) is 6.20 Å². The summed E-state index contributed by atoms with van der Waals surface area (Å²) in [4.78, 5) is 4.34. The third kappa shape index (κ3) is 3.75. The summed E-state index contributed by atoms with van der Waals surface area (Å²) in [6.07, 6.45) is 2.46. The summed E-state index contributed by atoms with van der Waals surface area (Å²) in [6, 6.07) is 10.2. The zero-order valence-corrected chi connectivity index (χ0v) is 11.5. The second-order valence-electron chi connectivity index (χ2n) is 4.31. The van der Waals surface area contributed by atoms with Crippen LogP contribution in [0.2, 0.25) is 5.02 Å². The Bertz CT molecular complexity index is 528. The lowest BCUT2D eigenvalue weighted by molar-refractivity contribution is 0.536. The van der Waals surface area contributed by atoms with E-state index in [-0.39, 0.29) is 11.9 Å². The lowest BCUT2D eigenvalue weighted by atomic mass is 10.0. The van der Waals surface area contributed by atoms with Crippen molar-refractivity contribution < 1.29 is 4.39 Å². The molecule has 0 bridgehead atoms. The van der Waals surface area contributed by atoms with Crippen LogP contribution >= 0.6 is 11.6 Å². The second-order valence-corrected chi connectivity index (χ2v) is 4.72. The normalized spacial score (nSPS) is 12.4. The van der Waals surface area contributed by atoms with Crippen LogP contribution in [0.15, 0.2) is 42.6 Å². The molecule has 0 amide bonds. The van der Waals surface area contributed by atoms with Gasteiger partial charge in [0.1, 0.15) is 5.82 Å². The van der Waals surface area contributed by atoms with Gasteiger partial charge in [0.2, 0.25) is 0 Å². The molecule has 1 aromatic heterocycles. The van der Waals surface area contributed by atoms with Crippen molar-refractivity contribution >= 4 is 11.6 Å². The molecule has 100 valence electrons. The molecule has 2 nitrogen and oxygen atoms in total. The van der Waals surface area contributed by atoms with E-state index in [1.165, 1.54) is 12.1 Å². The average molecular weight is 279 g/mol. The van der Waals surface area contributed by atoms with Crippen molar-refractivity contribution in [2.24, 2.45) is 0 Å². The van der Waals surface area contributed by atoms with Crippen LogP contribution in [-0.4, -0.2) is 11.5 Å². The van der Waals surface area contributed by atoms with E-state index in [4.69, 9.17) is 11.6 Å². The Hall–Kier alpha value is -1.45. The Morgan fingerprint density at radius 3 is 2.63 bits per heavy atom. The SMILES string of the molecule is CCNC(Cc1ccc(F)cc1)c1ncccc1Cl. The molecule has 0 aliphatic rings. The summed E-state index contributed by atoms with van der Waals surface area (Å²) in [5.41, 5.74) is 1.88. The lowest BCUT2D eigenvalue weighted by Gasteiger charge is -2.18. The highest BCUT2D eigenvalue weighted by Crippen LogP contribution is 2.23. The highest BCUT2D eigenvalue weighted by molar-refractivity contribution is 6.31. The summed E-state index contributed by atoms with van der Waals surface area (Å²) in [5, 5.41) is 4.01. The first-order valence-corrected chi connectivity index (χ1v) is 6.66. The molecule has 19 heavy (non-hydrogen) atoms. The fourth-order valence-corrected chi connectivity index (χ4v) is 2.28. The van der Waals surface area contributed by atoms with Crippen LogP contribution in [0, 0.1) is 5.82 Å². The summed E-state index contributed by atoms with van der Waals surface area (Å²) in [6.45, 7) is 2.85. The fraction of sp³-hybridized carbons (Fsp3) is 0.267. The van der Waals surface area contributed by atoms with Crippen molar-refractivity contribution in [3.05, 3.63) is 64.7 Å².